The first-order valence-electron chi connectivity index (χ1n) is 11.0. The predicted molar refractivity (Wildman–Crippen MR) is 127 cm³/mol. The Bertz CT molecular complexity index is 1460. The number of amides is 1. The molecule has 0 aliphatic heterocycles. The number of ether oxygens (including phenoxy) is 1. The zero-order valence-electron chi connectivity index (χ0n) is 19.0. The van der Waals surface area contributed by atoms with Crippen LogP contribution in [0.2, 0.25) is 0 Å². The third-order valence-corrected chi connectivity index (χ3v) is 5.98. The lowest BCUT2D eigenvalue weighted by Gasteiger charge is -2.35. The summed E-state index contributed by atoms with van der Waals surface area (Å²) >= 11 is 0. The number of fused-ring (bicyclic) bond motifs is 1. The van der Waals surface area contributed by atoms with Crippen molar-refractivity contribution in [2.45, 2.75) is 25.0 Å². The quantitative estimate of drug-likeness (QED) is 0.369. The number of rotatable bonds is 7. The predicted octanol–water partition coefficient (Wildman–Crippen LogP) is 2.11. The second-order valence-electron chi connectivity index (χ2n) is 8.03. The van der Waals surface area contributed by atoms with Crippen molar-refractivity contribution < 1.29 is 13.9 Å². The number of carbonyl (C=O) groups is 1. The fourth-order valence-electron chi connectivity index (χ4n) is 3.98. The van der Waals surface area contributed by atoms with Gasteiger partial charge in [0.25, 0.3) is 11.5 Å². The second kappa shape index (κ2) is 9.14. The molecule has 0 bridgehead atoms. The van der Waals surface area contributed by atoms with E-state index in [1.165, 1.54) is 35.2 Å². The van der Waals surface area contributed by atoms with Gasteiger partial charge in [-0.25, -0.2) is 14.4 Å². The zero-order chi connectivity index (χ0) is 24.5. The first-order valence-corrected chi connectivity index (χ1v) is 11.0. The van der Waals surface area contributed by atoms with E-state index >= 15 is 0 Å². The molecule has 1 aliphatic rings. The van der Waals surface area contributed by atoms with Crippen molar-refractivity contribution in [2.24, 2.45) is 0 Å². The molecule has 4 heterocycles. The molecule has 12 heteroatoms. The van der Waals surface area contributed by atoms with Gasteiger partial charge >= 0.3 is 0 Å². The van der Waals surface area contributed by atoms with Gasteiger partial charge in [0.1, 0.15) is 22.9 Å². The fourth-order valence-corrected chi connectivity index (χ4v) is 3.98. The van der Waals surface area contributed by atoms with Gasteiger partial charge in [0.15, 0.2) is 17.3 Å². The van der Waals surface area contributed by atoms with Crippen molar-refractivity contribution in [2.75, 3.05) is 24.8 Å². The minimum absolute atomic E-state index is 0.0111. The number of nitrogens with zero attached hydrogens (tertiary/aromatic N) is 5. The van der Waals surface area contributed by atoms with Crippen molar-refractivity contribution in [1.82, 2.24) is 29.5 Å². The monoisotopic (exact) mass is 478 g/mol. The van der Waals surface area contributed by atoms with Crippen LogP contribution in [0, 0.1) is 5.82 Å². The van der Waals surface area contributed by atoms with Crippen LogP contribution in [0.25, 0.3) is 11.5 Å². The Balaban J connectivity index is 1.49. The molecule has 0 saturated heterocycles. The van der Waals surface area contributed by atoms with Gasteiger partial charge in [-0.15, -0.1) is 0 Å². The maximum absolute atomic E-state index is 14.2. The Morgan fingerprint density at radius 1 is 1.26 bits per heavy atom. The zero-order valence-corrected chi connectivity index (χ0v) is 19.0. The van der Waals surface area contributed by atoms with Crippen molar-refractivity contribution in [3.05, 3.63) is 70.7 Å². The molecule has 1 saturated carbocycles. The Labute approximate surface area is 199 Å². The second-order valence-corrected chi connectivity index (χ2v) is 8.03. The Morgan fingerprint density at radius 3 is 2.83 bits per heavy atom. The van der Waals surface area contributed by atoms with Crippen molar-refractivity contribution in [3.63, 3.8) is 0 Å². The number of aromatic nitrogens is 5. The van der Waals surface area contributed by atoms with Crippen molar-refractivity contribution in [3.8, 4) is 5.82 Å². The number of halogens is 1. The summed E-state index contributed by atoms with van der Waals surface area (Å²) in [4.78, 5) is 34.5. The van der Waals surface area contributed by atoms with Gasteiger partial charge < -0.3 is 20.7 Å². The van der Waals surface area contributed by atoms with E-state index in [-0.39, 0.29) is 35.1 Å². The molecule has 0 radical (unpaired) electrons. The first-order chi connectivity index (χ1) is 17.0. The molecular formula is C23H23FN8O3. The molecule has 11 nitrogen and oxygen atoms in total. The molecule has 4 aromatic heterocycles. The lowest BCUT2D eigenvalue weighted by Crippen LogP contribution is -2.51. The van der Waals surface area contributed by atoms with Crippen LogP contribution in [0.4, 0.5) is 21.7 Å². The Morgan fingerprint density at radius 2 is 2.11 bits per heavy atom. The topological polar surface area (TPSA) is 127 Å². The van der Waals surface area contributed by atoms with Crippen LogP contribution in [0.5, 0.6) is 0 Å². The summed E-state index contributed by atoms with van der Waals surface area (Å²) in [7, 11) is 3.33. The van der Waals surface area contributed by atoms with Crippen LogP contribution >= 0.6 is 0 Å². The molecule has 2 atom stereocenters. The molecule has 0 spiro atoms. The largest absolute Gasteiger partial charge is 0.379 e. The third kappa shape index (κ3) is 4.08. The van der Waals surface area contributed by atoms with E-state index in [0.29, 0.717) is 17.3 Å². The molecule has 35 heavy (non-hydrogen) atoms. The van der Waals surface area contributed by atoms with Gasteiger partial charge in [-0.2, -0.15) is 9.61 Å². The standard InChI is InChI=1S/C23H23FN8O3/c1-25-19-11-18(28-16-6-4-10-31(23(16)34)21-14(24)5-3-9-26-21)30-20-13(12-27-32(19)20)22(33)29-15-7-8-17(15)35-2/h3-6,9-12,15,17,25H,7-8H2,1-2H3,(H,28,30)(H,29,33). The van der Waals surface area contributed by atoms with Crippen LogP contribution < -0.4 is 21.5 Å². The van der Waals surface area contributed by atoms with Crippen LogP contribution in [-0.4, -0.2) is 56.4 Å². The van der Waals surface area contributed by atoms with Crippen LogP contribution in [-0.2, 0) is 4.74 Å². The first kappa shape index (κ1) is 22.5. The lowest BCUT2D eigenvalue weighted by molar-refractivity contribution is 0.00732. The lowest BCUT2D eigenvalue weighted by atomic mass is 9.89. The molecule has 2 unspecified atom stereocenters. The SMILES string of the molecule is CNc1cc(Nc2cccn(-c3ncccc3F)c2=O)nc2c(C(=O)NC3CCC3OC)cnn12. The Kier molecular flexibility index (Phi) is 5.87. The van der Waals surface area contributed by atoms with Gasteiger partial charge in [-0.1, -0.05) is 0 Å². The van der Waals surface area contributed by atoms with E-state index in [0.717, 1.165) is 17.4 Å². The molecule has 5 rings (SSSR count). The summed E-state index contributed by atoms with van der Waals surface area (Å²) in [5.74, 6) is -0.208. The number of hydrogen-bond acceptors (Lipinski definition) is 8. The number of nitrogens with one attached hydrogen (secondary N) is 3. The van der Waals surface area contributed by atoms with Gasteiger partial charge in [-0.3, -0.25) is 14.2 Å². The minimum Gasteiger partial charge on any atom is -0.379 e. The molecule has 0 aromatic carbocycles. The van der Waals surface area contributed by atoms with E-state index in [9.17, 15) is 14.0 Å². The summed E-state index contributed by atoms with van der Waals surface area (Å²) in [6, 6.07) is 7.40. The average molecular weight is 478 g/mol. The van der Waals surface area contributed by atoms with Crippen LogP contribution in [0.15, 0.2) is 53.7 Å². The highest BCUT2D eigenvalue weighted by atomic mass is 19.1. The summed E-state index contributed by atoms with van der Waals surface area (Å²) in [5.41, 5.74) is 0.226. The Hall–Kier alpha value is -4.32. The highest BCUT2D eigenvalue weighted by Gasteiger charge is 2.33. The molecule has 180 valence electrons. The number of hydrogen-bond donors (Lipinski definition) is 3. The minimum atomic E-state index is -0.624. The van der Waals surface area contributed by atoms with Crippen LogP contribution in [0.3, 0.4) is 0 Å². The van der Waals surface area contributed by atoms with E-state index in [2.05, 4.69) is 31.0 Å². The number of anilines is 3. The number of methoxy groups -OCH3 is 1. The van der Waals surface area contributed by atoms with Gasteiger partial charge in [0.2, 0.25) is 0 Å². The van der Waals surface area contributed by atoms with Gasteiger partial charge in [-0.05, 0) is 37.1 Å². The fraction of sp³-hybridized carbons (Fsp3) is 0.261. The molecule has 1 fully saturated rings. The summed E-state index contributed by atoms with van der Waals surface area (Å²) < 4.78 is 22.2. The molecule has 3 N–H and O–H groups in total. The summed E-state index contributed by atoms with van der Waals surface area (Å²) in [6.45, 7) is 0. The molecular weight excluding hydrogens is 455 g/mol. The van der Waals surface area contributed by atoms with E-state index in [4.69, 9.17) is 4.74 Å². The summed E-state index contributed by atoms with van der Waals surface area (Å²) in [5, 5.41) is 13.2. The molecule has 1 aliphatic carbocycles. The normalized spacial score (nSPS) is 17.1. The molecule has 1 amide bonds. The van der Waals surface area contributed by atoms with Gasteiger partial charge in [0, 0.05) is 32.6 Å². The third-order valence-electron chi connectivity index (χ3n) is 5.98. The highest BCUT2D eigenvalue weighted by molar-refractivity contribution is 6.00. The summed E-state index contributed by atoms with van der Waals surface area (Å²) in [6.07, 6.45) is 6.00. The van der Waals surface area contributed by atoms with Gasteiger partial charge in [0.05, 0.1) is 18.3 Å². The van der Waals surface area contributed by atoms with Crippen LogP contribution in [0.1, 0.15) is 23.2 Å². The number of pyridine rings is 2. The van der Waals surface area contributed by atoms with E-state index < -0.39 is 11.4 Å². The highest BCUT2D eigenvalue weighted by Crippen LogP contribution is 2.25. The maximum Gasteiger partial charge on any atom is 0.280 e. The maximum atomic E-state index is 14.2. The van der Waals surface area contributed by atoms with Crippen molar-refractivity contribution in [1.29, 1.82) is 0 Å². The van der Waals surface area contributed by atoms with E-state index in [1.54, 1.807) is 32.4 Å². The average Bonchev–Trinajstić information content (AvgIpc) is 3.27. The van der Waals surface area contributed by atoms with Crippen molar-refractivity contribution >= 4 is 28.9 Å². The number of carbonyl (C=O) groups excluding carboxylic acids is 1. The molecule has 4 aromatic rings. The van der Waals surface area contributed by atoms with E-state index in [1.807, 2.05) is 0 Å². The smallest absolute Gasteiger partial charge is 0.280 e.